The number of hydrogen-bond acceptors (Lipinski definition) is 7. The molecule has 1 N–H and O–H groups in total. The Morgan fingerprint density at radius 3 is 2.46 bits per heavy atom. The van der Waals surface area contributed by atoms with Crippen LogP contribution < -0.4 is 4.74 Å². The van der Waals surface area contributed by atoms with Crippen molar-refractivity contribution >= 4 is 16.3 Å². The lowest BCUT2D eigenvalue weighted by molar-refractivity contribution is 0.127. The summed E-state index contributed by atoms with van der Waals surface area (Å²) in [5.74, 6) is 1.82. The fourth-order valence-corrected chi connectivity index (χ4v) is 4.78. The van der Waals surface area contributed by atoms with E-state index < -0.39 is 0 Å². The van der Waals surface area contributed by atoms with Gasteiger partial charge in [0.1, 0.15) is 5.75 Å². The Morgan fingerprint density at radius 2 is 1.86 bits per heavy atom. The summed E-state index contributed by atoms with van der Waals surface area (Å²) in [5, 5.41) is 15.4. The van der Waals surface area contributed by atoms with Crippen LogP contribution in [-0.2, 0) is 6.42 Å². The molecule has 0 saturated carbocycles. The number of nitrogens with zero attached hydrogens (tertiary/aromatic N) is 5. The van der Waals surface area contributed by atoms with E-state index in [9.17, 15) is 5.11 Å². The van der Waals surface area contributed by atoms with Crippen LogP contribution in [0.2, 0.25) is 0 Å². The van der Waals surface area contributed by atoms with E-state index in [0.717, 1.165) is 59.6 Å². The highest BCUT2D eigenvalue weighted by Crippen LogP contribution is 2.40. The molecule has 1 aliphatic heterocycles. The maximum Gasteiger partial charge on any atom is 0.230 e. The van der Waals surface area contributed by atoms with Crippen molar-refractivity contribution < 1.29 is 9.84 Å². The van der Waals surface area contributed by atoms with Crippen molar-refractivity contribution in [2.24, 2.45) is 0 Å². The second-order valence-corrected chi connectivity index (χ2v) is 8.12. The first-order chi connectivity index (χ1) is 13.6. The van der Waals surface area contributed by atoms with E-state index in [-0.39, 0.29) is 11.9 Å². The largest absolute Gasteiger partial charge is 0.494 e. The zero-order valence-corrected chi connectivity index (χ0v) is 17.4. The van der Waals surface area contributed by atoms with Crippen molar-refractivity contribution in [3.8, 4) is 11.6 Å². The van der Waals surface area contributed by atoms with Crippen LogP contribution >= 0.6 is 11.3 Å². The maximum atomic E-state index is 11.0. The maximum absolute atomic E-state index is 11.0. The summed E-state index contributed by atoms with van der Waals surface area (Å²) in [4.78, 5) is 11.0. The number of benzene rings is 1. The molecular weight excluding hydrogens is 374 g/mol. The number of hydrogen-bond donors (Lipinski definition) is 1. The average Bonchev–Trinajstić information content (AvgIpc) is 3.24. The standard InChI is InChI=1S/C20H27N5O2S/c1-4-16-21-20-25(22-16)19(26)18(28-20)17(24-12-10-23(3)11-13-24)14-6-8-15(9-7-14)27-5-2/h6-9,17,26H,4-5,10-13H2,1-3H3/t17-/m1/s1. The van der Waals surface area contributed by atoms with Gasteiger partial charge >= 0.3 is 0 Å². The molecule has 28 heavy (non-hydrogen) atoms. The van der Waals surface area contributed by atoms with E-state index in [1.807, 2.05) is 26.0 Å². The minimum absolute atomic E-state index is 0.0250. The summed E-state index contributed by atoms with van der Waals surface area (Å²) in [6, 6.07) is 8.18. The Morgan fingerprint density at radius 1 is 1.14 bits per heavy atom. The molecule has 1 aliphatic rings. The molecule has 2 aromatic heterocycles. The third kappa shape index (κ3) is 3.59. The first-order valence-electron chi connectivity index (χ1n) is 9.83. The van der Waals surface area contributed by atoms with E-state index in [1.54, 1.807) is 4.52 Å². The predicted molar refractivity (Wildman–Crippen MR) is 110 cm³/mol. The summed E-state index contributed by atoms with van der Waals surface area (Å²) in [6.07, 6.45) is 0.754. The van der Waals surface area contributed by atoms with Gasteiger partial charge in [-0.25, -0.2) is 4.98 Å². The van der Waals surface area contributed by atoms with Crippen LogP contribution in [0.5, 0.6) is 11.6 Å². The van der Waals surface area contributed by atoms with Gasteiger partial charge in [0.05, 0.1) is 17.5 Å². The van der Waals surface area contributed by atoms with Crippen molar-refractivity contribution in [3.63, 3.8) is 0 Å². The van der Waals surface area contributed by atoms with Gasteiger partial charge in [0.25, 0.3) is 0 Å². The fraction of sp³-hybridized carbons (Fsp3) is 0.500. The molecule has 4 rings (SSSR count). The van der Waals surface area contributed by atoms with Crippen LogP contribution in [0, 0.1) is 0 Å². The molecule has 1 saturated heterocycles. The van der Waals surface area contributed by atoms with Crippen molar-refractivity contribution in [2.75, 3.05) is 39.8 Å². The molecule has 1 aromatic carbocycles. The Bertz CT molecular complexity index is 928. The minimum atomic E-state index is -0.0250. The number of aromatic nitrogens is 3. The first-order valence-corrected chi connectivity index (χ1v) is 10.6. The SMILES string of the molecule is CCOc1ccc([C@H](c2sc3nc(CC)nn3c2O)N2CCN(C)CC2)cc1. The van der Waals surface area contributed by atoms with Crippen LogP contribution in [-0.4, -0.2) is 69.3 Å². The molecule has 8 heteroatoms. The van der Waals surface area contributed by atoms with Gasteiger partial charge in [-0.2, -0.15) is 4.52 Å². The van der Waals surface area contributed by atoms with Gasteiger partial charge < -0.3 is 14.7 Å². The van der Waals surface area contributed by atoms with Crippen molar-refractivity contribution in [1.82, 2.24) is 24.4 Å². The quantitative estimate of drug-likeness (QED) is 0.685. The second-order valence-electron chi connectivity index (χ2n) is 7.11. The van der Waals surface area contributed by atoms with Crippen LogP contribution in [0.15, 0.2) is 24.3 Å². The number of piperazine rings is 1. The van der Waals surface area contributed by atoms with E-state index >= 15 is 0 Å². The average molecular weight is 402 g/mol. The molecule has 0 spiro atoms. The van der Waals surface area contributed by atoms with E-state index in [2.05, 4.69) is 39.1 Å². The number of rotatable bonds is 6. The highest BCUT2D eigenvalue weighted by molar-refractivity contribution is 7.17. The summed E-state index contributed by atoms with van der Waals surface area (Å²) >= 11 is 1.52. The number of ether oxygens (including phenoxy) is 1. The molecule has 150 valence electrons. The third-order valence-electron chi connectivity index (χ3n) is 5.22. The number of fused-ring (bicyclic) bond motifs is 1. The molecule has 0 unspecified atom stereocenters. The van der Waals surface area contributed by atoms with Gasteiger partial charge in [-0.1, -0.05) is 30.4 Å². The highest BCUT2D eigenvalue weighted by atomic mass is 32.1. The highest BCUT2D eigenvalue weighted by Gasteiger charge is 2.31. The number of likely N-dealkylation sites (N-methyl/N-ethyl adjacent to an activating group) is 1. The van der Waals surface area contributed by atoms with Crippen LogP contribution in [0.3, 0.4) is 0 Å². The van der Waals surface area contributed by atoms with Crippen LogP contribution in [0.1, 0.15) is 36.2 Å². The fourth-order valence-electron chi connectivity index (χ4n) is 3.64. The molecule has 3 heterocycles. The summed E-state index contributed by atoms with van der Waals surface area (Å²) in [6.45, 7) is 8.56. The lowest BCUT2D eigenvalue weighted by atomic mass is 10.0. The molecule has 1 atom stereocenters. The Hall–Kier alpha value is -2.16. The molecule has 3 aromatic rings. The van der Waals surface area contributed by atoms with Crippen LogP contribution in [0.25, 0.3) is 4.96 Å². The molecule has 0 aliphatic carbocycles. The monoisotopic (exact) mass is 401 g/mol. The zero-order valence-electron chi connectivity index (χ0n) is 16.6. The van der Waals surface area contributed by atoms with E-state index in [4.69, 9.17) is 4.74 Å². The molecule has 0 bridgehead atoms. The summed E-state index contributed by atoms with van der Waals surface area (Å²) < 4.78 is 7.18. The number of aryl methyl sites for hydroxylation is 1. The topological polar surface area (TPSA) is 66.1 Å². The second kappa shape index (κ2) is 8.06. The number of thiazole rings is 1. The third-order valence-corrected chi connectivity index (χ3v) is 6.29. The van der Waals surface area contributed by atoms with Crippen molar-refractivity contribution in [3.05, 3.63) is 40.5 Å². The smallest absolute Gasteiger partial charge is 0.230 e. The molecule has 7 nitrogen and oxygen atoms in total. The van der Waals surface area contributed by atoms with Gasteiger partial charge in [0, 0.05) is 32.6 Å². The van der Waals surface area contributed by atoms with Gasteiger partial charge in [-0.05, 0) is 31.7 Å². The normalized spacial score (nSPS) is 17.2. The molecule has 0 amide bonds. The van der Waals surface area contributed by atoms with Gasteiger partial charge in [0.15, 0.2) is 5.82 Å². The van der Waals surface area contributed by atoms with Crippen molar-refractivity contribution in [2.45, 2.75) is 26.3 Å². The Balaban J connectivity index is 1.74. The summed E-state index contributed by atoms with van der Waals surface area (Å²) in [5.41, 5.74) is 1.14. The zero-order chi connectivity index (χ0) is 19.7. The van der Waals surface area contributed by atoms with E-state index in [1.165, 1.54) is 11.3 Å². The van der Waals surface area contributed by atoms with Crippen molar-refractivity contribution in [1.29, 1.82) is 0 Å². The lowest BCUT2D eigenvalue weighted by Gasteiger charge is -2.37. The Labute approximate surface area is 169 Å². The Kier molecular flexibility index (Phi) is 5.52. The molecule has 1 fully saturated rings. The van der Waals surface area contributed by atoms with Gasteiger partial charge in [-0.15, -0.1) is 5.10 Å². The number of aromatic hydroxyl groups is 1. The lowest BCUT2D eigenvalue weighted by Crippen LogP contribution is -2.46. The molecular formula is C20H27N5O2S. The summed E-state index contributed by atoms with van der Waals surface area (Å²) in [7, 11) is 2.15. The van der Waals surface area contributed by atoms with E-state index in [0.29, 0.717) is 6.61 Å². The molecule has 0 radical (unpaired) electrons. The first kappa shape index (κ1) is 19.2. The van der Waals surface area contributed by atoms with Gasteiger partial charge in [0.2, 0.25) is 10.8 Å². The van der Waals surface area contributed by atoms with Crippen LogP contribution in [0.4, 0.5) is 0 Å². The predicted octanol–water partition coefficient (Wildman–Crippen LogP) is 2.79. The minimum Gasteiger partial charge on any atom is -0.494 e. The van der Waals surface area contributed by atoms with Gasteiger partial charge in [-0.3, -0.25) is 4.90 Å².